The third kappa shape index (κ3) is 8.14. The van der Waals surface area contributed by atoms with Gasteiger partial charge in [0.15, 0.2) is 0 Å². The van der Waals surface area contributed by atoms with Crippen LogP contribution in [0.3, 0.4) is 0 Å². The van der Waals surface area contributed by atoms with Crippen LogP contribution in [0.2, 0.25) is 0 Å². The van der Waals surface area contributed by atoms with Gasteiger partial charge in [0, 0.05) is 45.3 Å². The van der Waals surface area contributed by atoms with Gasteiger partial charge in [-0.1, -0.05) is 15.9 Å². The minimum absolute atomic E-state index is 0.173. The third-order valence-corrected chi connectivity index (χ3v) is 6.98. The van der Waals surface area contributed by atoms with Gasteiger partial charge in [-0.2, -0.15) is 18.3 Å². The zero-order chi connectivity index (χ0) is 26.3. The summed E-state index contributed by atoms with van der Waals surface area (Å²) in [4.78, 5) is 24.3. The first-order chi connectivity index (χ1) is 17.0. The van der Waals surface area contributed by atoms with E-state index in [0.717, 1.165) is 38.8 Å². The number of benzene rings is 2. The molecular formula is C23H24BrF3N4O4S. The molecular weight excluding hydrogens is 565 g/mol. The first-order valence-corrected chi connectivity index (χ1v) is 12.7. The predicted octanol–water partition coefficient (Wildman–Crippen LogP) is 4.51. The number of hydrogen-bond acceptors (Lipinski definition) is 6. The number of aliphatic hydroxyl groups is 1. The number of piperidine rings is 1. The van der Waals surface area contributed by atoms with Crippen molar-refractivity contribution in [2.24, 2.45) is 0 Å². The van der Waals surface area contributed by atoms with E-state index in [1.807, 2.05) is 42.6 Å². The number of alkyl halides is 3. The van der Waals surface area contributed by atoms with Crippen molar-refractivity contribution < 1.29 is 33.0 Å². The van der Waals surface area contributed by atoms with Crippen molar-refractivity contribution in [1.29, 1.82) is 0 Å². The molecule has 1 fully saturated rings. The zero-order valence-corrected chi connectivity index (χ0v) is 21.2. The lowest BCUT2D eigenvalue weighted by molar-refractivity contribution is -0.192. The van der Waals surface area contributed by atoms with E-state index < -0.39 is 18.2 Å². The van der Waals surface area contributed by atoms with Crippen LogP contribution >= 0.6 is 27.7 Å². The average molecular weight is 589 g/mol. The van der Waals surface area contributed by atoms with E-state index in [-0.39, 0.29) is 5.91 Å². The molecule has 1 aliphatic rings. The Balaban J connectivity index is 0.000000454. The minimum Gasteiger partial charge on any atom is -0.475 e. The fourth-order valence-corrected chi connectivity index (χ4v) is 4.59. The molecule has 36 heavy (non-hydrogen) atoms. The molecule has 2 heterocycles. The van der Waals surface area contributed by atoms with Crippen LogP contribution in [0.15, 0.2) is 58.0 Å². The number of halogens is 4. The summed E-state index contributed by atoms with van der Waals surface area (Å²) in [7, 11) is 0. The van der Waals surface area contributed by atoms with Crippen molar-refractivity contribution in [3.8, 4) is 0 Å². The smallest absolute Gasteiger partial charge is 0.475 e. The second-order valence-electron chi connectivity index (χ2n) is 8.00. The van der Waals surface area contributed by atoms with Gasteiger partial charge in [0.05, 0.1) is 11.7 Å². The number of H-pyrrole nitrogens is 1. The second-order valence-corrected chi connectivity index (χ2v) is 10.0. The number of carboxylic acid groups (broad SMARTS) is 1. The molecule has 8 nitrogen and oxygen atoms in total. The van der Waals surface area contributed by atoms with Crippen molar-refractivity contribution in [2.45, 2.75) is 36.1 Å². The number of fused-ring (bicyclic) bond motifs is 1. The number of carboxylic acids is 1. The van der Waals surface area contributed by atoms with Crippen molar-refractivity contribution in [3.05, 3.63) is 53.1 Å². The van der Waals surface area contributed by atoms with Crippen molar-refractivity contribution in [2.75, 3.05) is 24.2 Å². The molecule has 0 saturated carbocycles. The topological polar surface area (TPSA) is 119 Å². The molecule has 0 aliphatic carbocycles. The van der Waals surface area contributed by atoms with Gasteiger partial charge >= 0.3 is 12.1 Å². The molecule has 2 aromatic carbocycles. The van der Waals surface area contributed by atoms with Crippen LogP contribution in [0.4, 0.5) is 18.9 Å². The number of amides is 1. The number of aliphatic carboxylic acids is 1. The maximum atomic E-state index is 12.6. The summed E-state index contributed by atoms with van der Waals surface area (Å²) < 4.78 is 32.7. The van der Waals surface area contributed by atoms with Crippen LogP contribution in [0.25, 0.3) is 10.9 Å². The maximum absolute atomic E-state index is 12.6. The fraction of sp³-hybridized carbons (Fsp3) is 0.348. The predicted molar refractivity (Wildman–Crippen MR) is 134 cm³/mol. The molecule has 0 unspecified atom stereocenters. The molecule has 1 saturated heterocycles. The van der Waals surface area contributed by atoms with Crippen molar-refractivity contribution in [1.82, 2.24) is 15.1 Å². The van der Waals surface area contributed by atoms with E-state index in [0.29, 0.717) is 24.9 Å². The Morgan fingerprint density at radius 3 is 2.44 bits per heavy atom. The number of carbonyl (C=O) groups excluding carboxylic acids is 1. The third-order valence-electron chi connectivity index (χ3n) is 5.37. The lowest BCUT2D eigenvalue weighted by Gasteiger charge is -2.34. The number of aromatic amines is 1. The van der Waals surface area contributed by atoms with Crippen LogP contribution in [0.5, 0.6) is 0 Å². The standard InChI is InChI=1S/C21H23BrN4O2S.C2HF3O2/c22-15-1-4-18(5-2-15)29-13-20(27)21(28)26-9-7-16(8-10-26)24-17-3-6-19-14(11-17)12-23-25-19;3-2(4,5)1(6)7/h1-6,11-12,16,20,24,27H,7-10,13H2,(H,23,25);(H,6,7)/t20-;/m0./s1. The van der Waals surface area contributed by atoms with E-state index in [4.69, 9.17) is 9.90 Å². The lowest BCUT2D eigenvalue weighted by atomic mass is 10.0. The number of aromatic nitrogens is 2. The number of carbonyl (C=O) groups is 2. The Kier molecular flexibility index (Phi) is 9.63. The van der Waals surface area contributed by atoms with Gasteiger partial charge in [-0.15, -0.1) is 11.8 Å². The van der Waals surface area contributed by atoms with Gasteiger partial charge in [0.2, 0.25) is 0 Å². The summed E-state index contributed by atoms with van der Waals surface area (Å²) in [5.41, 5.74) is 2.08. The molecule has 1 aliphatic heterocycles. The van der Waals surface area contributed by atoms with Gasteiger partial charge in [-0.05, 0) is 55.3 Å². The summed E-state index contributed by atoms with van der Waals surface area (Å²) >= 11 is 4.90. The number of nitrogens with one attached hydrogen (secondary N) is 2. The Hall–Kier alpha value is -2.77. The Labute approximate surface area is 217 Å². The second kappa shape index (κ2) is 12.5. The van der Waals surface area contributed by atoms with Crippen LogP contribution in [-0.4, -0.2) is 74.4 Å². The molecule has 0 radical (unpaired) electrons. The monoisotopic (exact) mass is 588 g/mol. The van der Waals surface area contributed by atoms with Crippen molar-refractivity contribution >= 4 is 56.2 Å². The Morgan fingerprint density at radius 2 is 1.83 bits per heavy atom. The highest BCUT2D eigenvalue weighted by Gasteiger charge is 2.38. The van der Waals surface area contributed by atoms with E-state index in [1.165, 1.54) is 11.8 Å². The van der Waals surface area contributed by atoms with E-state index in [9.17, 15) is 23.1 Å². The molecule has 4 rings (SSSR count). The van der Waals surface area contributed by atoms with Gasteiger partial charge in [0.1, 0.15) is 6.10 Å². The van der Waals surface area contributed by atoms with E-state index in [2.05, 4.69) is 37.5 Å². The number of rotatable bonds is 6. The maximum Gasteiger partial charge on any atom is 0.490 e. The molecule has 1 amide bonds. The van der Waals surface area contributed by atoms with E-state index in [1.54, 1.807) is 4.90 Å². The van der Waals surface area contributed by atoms with Crippen LogP contribution in [0, 0.1) is 0 Å². The SMILES string of the molecule is O=C(O)C(F)(F)F.O=C([C@@H](O)CSc1ccc(Br)cc1)N1CCC(Nc2ccc3[nH]ncc3c2)CC1. The first kappa shape index (κ1) is 27.8. The number of anilines is 1. The molecule has 4 N–H and O–H groups in total. The quantitative estimate of drug-likeness (QED) is 0.313. The zero-order valence-electron chi connectivity index (χ0n) is 18.8. The lowest BCUT2D eigenvalue weighted by Crippen LogP contribution is -2.47. The van der Waals surface area contributed by atoms with Crippen molar-refractivity contribution in [3.63, 3.8) is 0 Å². The summed E-state index contributed by atoms with van der Waals surface area (Å²) in [5, 5.41) is 29.1. The molecule has 3 aromatic rings. The molecule has 0 bridgehead atoms. The summed E-state index contributed by atoms with van der Waals surface area (Å²) in [5.74, 6) is -2.57. The van der Waals surface area contributed by atoms with Crippen LogP contribution < -0.4 is 5.32 Å². The fourth-order valence-electron chi connectivity index (χ4n) is 3.50. The number of likely N-dealkylation sites (tertiary alicyclic amines) is 1. The largest absolute Gasteiger partial charge is 0.490 e. The number of nitrogens with zero attached hydrogens (tertiary/aromatic N) is 2. The first-order valence-electron chi connectivity index (χ1n) is 10.9. The van der Waals surface area contributed by atoms with E-state index >= 15 is 0 Å². The average Bonchev–Trinajstić information content (AvgIpc) is 3.31. The van der Waals surface area contributed by atoms with Gasteiger partial charge < -0.3 is 20.4 Å². The van der Waals surface area contributed by atoms with Gasteiger partial charge in [-0.25, -0.2) is 4.79 Å². The normalized spacial score (nSPS) is 15.2. The molecule has 1 aromatic heterocycles. The molecule has 194 valence electrons. The number of thioether (sulfide) groups is 1. The van der Waals surface area contributed by atoms with Gasteiger partial charge in [0.25, 0.3) is 5.91 Å². The van der Waals surface area contributed by atoms with Crippen LogP contribution in [-0.2, 0) is 9.59 Å². The Bertz CT molecular complexity index is 1170. The minimum atomic E-state index is -5.08. The highest BCUT2D eigenvalue weighted by Crippen LogP contribution is 2.24. The number of hydrogen-bond donors (Lipinski definition) is 4. The summed E-state index contributed by atoms with van der Waals surface area (Å²) in [6.07, 6.45) is -2.52. The Morgan fingerprint density at radius 1 is 1.19 bits per heavy atom. The number of aliphatic hydroxyl groups excluding tert-OH is 1. The highest BCUT2D eigenvalue weighted by atomic mass is 79.9. The highest BCUT2D eigenvalue weighted by molar-refractivity contribution is 9.10. The van der Waals surface area contributed by atoms with Crippen LogP contribution in [0.1, 0.15) is 12.8 Å². The molecule has 0 spiro atoms. The molecule has 1 atom stereocenters. The molecule has 13 heteroatoms. The van der Waals surface area contributed by atoms with Gasteiger partial charge in [-0.3, -0.25) is 9.89 Å². The summed E-state index contributed by atoms with van der Waals surface area (Å²) in [6.45, 7) is 1.31. The summed E-state index contributed by atoms with van der Waals surface area (Å²) in [6, 6.07) is 14.3.